The fourth-order valence-corrected chi connectivity index (χ4v) is 2.00. The van der Waals surface area contributed by atoms with Gasteiger partial charge >= 0.3 is 0 Å². The number of ether oxygens (including phenoxy) is 2. The topological polar surface area (TPSA) is 76.0 Å². The fourth-order valence-electron chi connectivity index (χ4n) is 2.00. The summed E-state index contributed by atoms with van der Waals surface area (Å²) in [5.74, 6) is -1.05. The highest BCUT2D eigenvalue weighted by molar-refractivity contribution is 6.00. The van der Waals surface area contributed by atoms with E-state index in [2.05, 4.69) is 0 Å². The van der Waals surface area contributed by atoms with Gasteiger partial charge in [0.15, 0.2) is 17.3 Å². The molecule has 0 unspecified atom stereocenters. The normalized spacial score (nSPS) is 10.2. The molecule has 0 atom stereocenters. The molecule has 0 aromatic heterocycles. The molecular weight excluding hydrogens is 272 g/mol. The van der Waals surface area contributed by atoms with Gasteiger partial charge in [0.1, 0.15) is 17.9 Å². The molecular formula is C16H16O5. The predicted octanol–water partition coefficient (Wildman–Crippen LogP) is 2.89. The maximum absolute atomic E-state index is 11.5. The standard InChI is InChI=1S/C16H16O5/c1-10(17)14-12(18)8-13(15(19)16(14)20-2)21-9-11-6-4-3-5-7-11/h3-8,18-19H,9H2,1-2H3. The average molecular weight is 288 g/mol. The molecule has 2 aromatic carbocycles. The van der Waals surface area contributed by atoms with Gasteiger partial charge in [0.25, 0.3) is 0 Å². The van der Waals surface area contributed by atoms with Crippen molar-refractivity contribution in [2.75, 3.05) is 7.11 Å². The molecule has 0 amide bonds. The SMILES string of the molecule is COc1c(O)c(OCc2ccccc2)cc(O)c1C(C)=O. The van der Waals surface area contributed by atoms with Crippen LogP contribution in [0.2, 0.25) is 0 Å². The lowest BCUT2D eigenvalue weighted by Gasteiger charge is -2.14. The van der Waals surface area contributed by atoms with E-state index in [9.17, 15) is 15.0 Å². The zero-order valence-corrected chi connectivity index (χ0v) is 11.8. The van der Waals surface area contributed by atoms with Gasteiger partial charge in [0.05, 0.1) is 7.11 Å². The molecule has 110 valence electrons. The molecule has 0 bridgehead atoms. The van der Waals surface area contributed by atoms with Gasteiger partial charge in [-0.05, 0) is 12.5 Å². The van der Waals surface area contributed by atoms with Gasteiger partial charge in [-0.2, -0.15) is 0 Å². The monoisotopic (exact) mass is 288 g/mol. The summed E-state index contributed by atoms with van der Waals surface area (Å²) in [6.07, 6.45) is 0. The van der Waals surface area contributed by atoms with Gasteiger partial charge in [-0.15, -0.1) is 0 Å². The lowest BCUT2D eigenvalue weighted by atomic mass is 10.1. The first-order chi connectivity index (χ1) is 10.0. The van der Waals surface area contributed by atoms with Crippen molar-refractivity contribution in [3.63, 3.8) is 0 Å². The highest BCUT2D eigenvalue weighted by atomic mass is 16.5. The summed E-state index contributed by atoms with van der Waals surface area (Å²) in [6, 6.07) is 10.6. The Kier molecular flexibility index (Phi) is 4.33. The summed E-state index contributed by atoms with van der Waals surface area (Å²) in [5.41, 5.74) is 0.841. The van der Waals surface area contributed by atoms with E-state index in [0.29, 0.717) is 0 Å². The molecule has 0 aliphatic heterocycles. The maximum Gasteiger partial charge on any atom is 0.201 e. The Hall–Kier alpha value is -2.69. The second kappa shape index (κ2) is 6.17. The largest absolute Gasteiger partial charge is 0.507 e. The average Bonchev–Trinajstić information content (AvgIpc) is 2.48. The molecule has 0 aliphatic carbocycles. The van der Waals surface area contributed by atoms with Gasteiger partial charge in [0.2, 0.25) is 5.75 Å². The van der Waals surface area contributed by atoms with Gasteiger partial charge in [-0.1, -0.05) is 30.3 Å². The number of carbonyl (C=O) groups excluding carboxylic acids is 1. The first-order valence-electron chi connectivity index (χ1n) is 6.35. The van der Waals surface area contributed by atoms with Gasteiger partial charge < -0.3 is 19.7 Å². The number of hydrogen-bond donors (Lipinski definition) is 2. The maximum atomic E-state index is 11.5. The van der Waals surface area contributed by atoms with Crippen LogP contribution in [0.25, 0.3) is 0 Å². The third-order valence-corrected chi connectivity index (χ3v) is 2.99. The summed E-state index contributed by atoms with van der Waals surface area (Å²) in [7, 11) is 1.31. The fraction of sp³-hybridized carbons (Fsp3) is 0.188. The van der Waals surface area contributed by atoms with E-state index in [1.54, 1.807) is 0 Å². The van der Waals surface area contributed by atoms with Crippen molar-refractivity contribution in [2.24, 2.45) is 0 Å². The number of ketones is 1. The number of rotatable bonds is 5. The molecule has 0 saturated heterocycles. The third kappa shape index (κ3) is 3.08. The Morgan fingerprint density at radius 2 is 1.86 bits per heavy atom. The summed E-state index contributed by atoms with van der Waals surface area (Å²) in [5, 5.41) is 20.0. The van der Waals surface area contributed by atoms with Crippen LogP contribution < -0.4 is 9.47 Å². The van der Waals surface area contributed by atoms with Crippen LogP contribution in [-0.2, 0) is 6.61 Å². The van der Waals surface area contributed by atoms with Gasteiger partial charge in [0, 0.05) is 6.07 Å². The summed E-state index contributed by atoms with van der Waals surface area (Å²) in [4.78, 5) is 11.5. The number of Topliss-reactive ketones (excluding diaryl/α,β-unsaturated/α-hetero) is 1. The molecule has 0 aliphatic rings. The Labute approximate surface area is 122 Å². The summed E-state index contributed by atoms with van der Waals surface area (Å²) in [6.45, 7) is 1.50. The van der Waals surface area contributed by atoms with E-state index in [0.717, 1.165) is 5.56 Å². The Morgan fingerprint density at radius 3 is 2.43 bits per heavy atom. The lowest BCUT2D eigenvalue weighted by molar-refractivity contribution is 0.101. The molecule has 21 heavy (non-hydrogen) atoms. The number of aromatic hydroxyl groups is 2. The second-order valence-electron chi connectivity index (χ2n) is 4.48. The molecule has 0 radical (unpaired) electrons. The number of benzene rings is 2. The van der Waals surface area contributed by atoms with Crippen molar-refractivity contribution in [3.8, 4) is 23.0 Å². The molecule has 0 spiro atoms. The van der Waals surface area contributed by atoms with E-state index in [1.165, 1.54) is 20.1 Å². The van der Waals surface area contributed by atoms with Crippen LogP contribution in [0, 0.1) is 0 Å². The van der Waals surface area contributed by atoms with E-state index >= 15 is 0 Å². The first kappa shape index (κ1) is 14.7. The highest BCUT2D eigenvalue weighted by Gasteiger charge is 2.22. The molecule has 5 heteroatoms. The smallest absolute Gasteiger partial charge is 0.201 e. The van der Waals surface area contributed by atoms with E-state index in [4.69, 9.17) is 9.47 Å². The number of phenolic OH excluding ortho intramolecular Hbond substituents is 2. The van der Waals surface area contributed by atoms with Crippen LogP contribution in [0.5, 0.6) is 23.0 Å². The Morgan fingerprint density at radius 1 is 1.19 bits per heavy atom. The first-order valence-corrected chi connectivity index (χ1v) is 6.35. The number of methoxy groups -OCH3 is 1. The van der Waals surface area contributed by atoms with Crippen molar-refractivity contribution >= 4 is 5.78 Å². The third-order valence-electron chi connectivity index (χ3n) is 2.99. The summed E-state index contributed by atoms with van der Waals surface area (Å²) >= 11 is 0. The van der Waals surface area contributed by atoms with Crippen LogP contribution in [0.3, 0.4) is 0 Å². The number of carbonyl (C=O) groups is 1. The van der Waals surface area contributed by atoms with Crippen LogP contribution in [-0.4, -0.2) is 23.1 Å². The van der Waals surface area contributed by atoms with Gasteiger partial charge in [-0.3, -0.25) is 4.79 Å². The van der Waals surface area contributed by atoms with Crippen molar-refractivity contribution in [3.05, 3.63) is 47.5 Å². The molecule has 0 heterocycles. The van der Waals surface area contributed by atoms with Crippen molar-refractivity contribution in [1.82, 2.24) is 0 Å². The molecule has 2 rings (SSSR count). The van der Waals surface area contributed by atoms with Crippen LogP contribution >= 0.6 is 0 Å². The van der Waals surface area contributed by atoms with E-state index in [1.807, 2.05) is 30.3 Å². The van der Waals surface area contributed by atoms with Gasteiger partial charge in [-0.25, -0.2) is 0 Å². The predicted molar refractivity (Wildman–Crippen MR) is 77.1 cm³/mol. The summed E-state index contributed by atoms with van der Waals surface area (Å²) < 4.78 is 10.5. The van der Waals surface area contributed by atoms with Crippen LogP contribution in [0.1, 0.15) is 22.8 Å². The van der Waals surface area contributed by atoms with Crippen molar-refractivity contribution in [1.29, 1.82) is 0 Å². The van der Waals surface area contributed by atoms with Crippen molar-refractivity contribution < 1.29 is 24.5 Å². The lowest BCUT2D eigenvalue weighted by Crippen LogP contribution is -2.01. The second-order valence-corrected chi connectivity index (χ2v) is 4.48. The van der Waals surface area contributed by atoms with Crippen LogP contribution in [0.15, 0.2) is 36.4 Å². The Bertz CT molecular complexity index is 649. The van der Waals surface area contributed by atoms with Crippen molar-refractivity contribution in [2.45, 2.75) is 13.5 Å². The quantitative estimate of drug-likeness (QED) is 0.653. The number of phenols is 2. The molecule has 2 aromatic rings. The number of hydrogen-bond acceptors (Lipinski definition) is 5. The minimum atomic E-state index is -0.408. The zero-order chi connectivity index (χ0) is 15.4. The minimum Gasteiger partial charge on any atom is -0.507 e. The molecule has 0 fully saturated rings. The molecule has 2 N–H and O–H groups in total. The minimum absolute atomic E-state index is 0.0539. The Balaban J connectivity index is 2.33. The highest BCUT2D eigenvalue weighted by Crippen LogP contribution is 2.44. The van der Waals surface area contributed by atoms with Crippen LogP contribution in [0.4, 0.5) is 0 Å². The van der Waals surface area contributed by atoms with E-state index < -0.39 is 5.78 Å². The zero-order valence-electron chi connectivity index (χ0n) is 11.8. The molecule has 0 saturated carbocycles. The van der Waals surface area contributed by atoms with E-state index in [-0.39, 0.29) is 35.2 Å². The molecule has 5 nitrogen and oxygen atoms in total.